The minimum Gasteiger partial charge on any atom is -0.504 e. The molecule has 1 fully saturated rings. The summed E-state index contributed by atoms with van der Waals surface area (Å²) < 4.78 is 10.3. The molecule has 1 aromatic rings. The maximum absolute atomic E-state index is 12.0. The lowest BCUT2D eigenvalue weighted by molar-refractivity contribution is 0.0734. The van der Waals surface area contributed by atoms with Gasteiger partial charge in [0.1, 0.15) is 0 Å². The van der Waals surface area contributed by atoms with Crippen molar-refractivity contribution in [2.45, 2.75) is 6.04 Å². The number of aromatic hydroxyl groups is 1. The third-order valence-electron chi connectivity index (χ3n) is 2.97. The van der Waals surface area contributed by atoms with Gasteiger partial charge in [-0.05, 0) is 12.1 Å². The van der Waals surface area contributed by atoms with Gasteiger partial charge in [-0.25, -0.2) is 0 Å². The molecule has 3 N–H and O–H groups in total. The molecular formula is C13H18N2O4. The van der Waals surface area contributed by atoms with E-state index in [1.54, 1.807) is 18.2 Å². The number of benzene rings is 1. The average molecular weight is 266 g/mol. The summed E-state index contributed by atoms with van der Waals surface area (Å²) in [6, 6.07) is 4.92. The summed E-state index contributed by atoms with van der Waals surface area (Å²) in [6.07, 6.45) is 0. The number of rotatable bonds is 4. The molecule has 1 aliphatic rings. The van der Waals surface area contributed by atoms with Crippen LogP contribution in [0.15, 0.2) is 18.2 Å². The van der Waals surface area contributed by atoms with Gasteiger partial charge in [0.05, 0.1) is 25.9 Å². The van der Waals surface area contributed by atoms with Crippen molar-refractivity contribution in [3.8, 4) is 11.5 Å². The molecule has 0 spiro atoms. The number of carbonyl (C=O) groups excluding carboxylic acids is 1. The van der Waals surface area contributed by atoms with E-state index >= 15 is 0 Å². The molecule has 0 aromatic heterocycles. The molecule has 0 saturated carbocycles. The topological polar surface area (TPSA) is 79.8 Å². The highest BCUT2D eigenvalue weighted by Gasteiger charge is 2.17. The van der Waals surface area contributed by atoms with E-state index in [1.165, 1.54) is 7.11 Å². The zero-order valence-electron chi connectivity index (χ0n) is 10.8. The van der Waals surface area contributed by atoms with Crippen LogP contribution in [0.5, 0.6) is 11.5 Å². The second-order valence-corrected chi connectivity index (χ2v) is 4.29. The first-order valence-electron chi connectivity index (χ1n) is 6.17. The number of carbonyl (C=O) groups is 1. The fourth-order valence-electron chi connectivity index (χ4n) is 1.93. The van der Waals surface area contributed by atoms with Crippen LogP contribution >= 0.6 is 0 Å². The van der Waals surface area contributed by atoms with Gasteiger partial charge in [0, 0.05) is 19.1 Å². The van der Waals surface area contributed by atoms with Gasteiger partial charge < -0.3 is 25.2 Å². The van der Waals surface area contributed by atoms with Crippen molar-refractivity contribution in [2.75, 3.05) is 33.4 Å². The first kappa shape index (κ1) is 13.6. The molecule has 1 saturated heterocycles. The molecule has 0 radical (unpaired) electrons. The summed E-state index contributed by atoms with van der Waals surface area (Å²) in [4.78, 5) is 12.0. The number of hydrogen-bond donors (Lipinski definition) is 3. The SMILES string of the molecule is COc1cccc(C(=O)NCC2COCCN2)c1O. The van der Waals surface area contributed by atoms with E-state index in [2.05, 4.69) is 10.6 Å². The van der Waals surface area contributed by atoms with Gasteiger partial charge >= 0.3 is 0 Å². The van der Waals surface area contributed by atoms with E-state index in [0.717, 1.165) is 6.54 Å². The van der Waals surface area contributed by atoms with E-state index in [4.69, 9.17) is 9.47 Å². The van der Waals surface area contributed by atoms with Crippen LogP contribution in [0, 0.1) is 0 Å². The standard InChI is InChI=1S/C13H18N2O4/c1-18-11-4-2-3-10(12(11)16)13(17)15-7-9-8-19-6-5-14-9/h2-4,9,14,16H,5-8H2,1H3,(H,15,17). The molecule has 0 aliphatic carbocycles. The van der Waals surface area contributed by atoms with E-state index in [-0.39, 0.29) is 29.0 Å². The Morgan fingerprint density at radius 2 is 2.47 bits per heavy atom. The second kappa shape index (κ2) is 6.40. The highest BCUT2D eigenvalue weighted by molar-refractivity contribution is 5.97. The van der Waals surface area contributed by atoms with Crippen molar-refractivity contribution in [3.63, 3.8) is 0 Å². The summed E-state index contributed by atoms with van der Waals surface area (Å²) in [5, 5.41) is 15.9. The van der Waals surface area contributed by atoms with E-state index in [1.807, 2.05) is 0 Å². The quantitative estimate of drug-likeness (QED) is 0.721. The maximum atomic E-state index is 12.0. The lowest BCUT2D eigenvalue weighted by atomic mass is 10.1. The summed E-state index contributed by atoms with van der Waals surface area (Å²) in [5.74, 6) is -0.189. The van der Waals surface area contributed by atoms with Gasteiger partial charge in [0.2, 0.25) is 0 Å². The van der Waals surface area contributed by atoms with Crippen molar-refractivity contribution in [3.05, 3.63) is 23.8 Å². The average Bonchev–Trinajstić information content (AvgIpc) is 2.46. The Balaban J connectivity index is 1.95. The normalized spacial score (nSPS) is 18.9. The summed E-state index contributed by atoms with van der Waals surface area (Å²) in [7, 11) is 1.44. The second-order valence-electron chi connectivity index (χ2n) is 4.29. The molecule has 0 bridgehead atoms. The molecule has 1 amide bonds. The molecule has 1 heterocycles. The Morgan fingerprint density at radius 3 is 3.16 bits per heavy atom. The Bertz CT molecular complexity index is 444. The lowest BCUT2D eigenvalue weighted by Crippen LogP contribution is -2.48. The molecule has 6 nitrogen and oxygen atoms in total. The number of phenols is 1. The summed E-state index contributed by atoms with van der Waals surface area (Å²) in [6.45, 7) is 2.51. The van der Waals surface area contributed by atoms with Crippen molar-refractivity contribution >= 4 is 5.91 Å². The third kappa shape index (κ3) is 3.36. The fourth-order valence-corrected chi connectivity index (χ4v) is 1.93. The molecule has 1 unspecified atom stereocenters. The predicted octanol–water partition coefficient (Wildman–Crippen LogP) is 0.119. The van der Waals surface area contributed by atoms with Crippen molar-refractivity contribution in [2.24, 2.45) is 0 Å². The molecule has 2 rings (SSSR count). The van der Waals surface area contributed by atoms with Crippen molar-refractivity contribution < 1.29 is 19.4 Å². The van der Waals surface area contributed by atoms with Crippen LogP contribution in [0.2, 0.25) is 0 Å². The number of methoxy groups -OCH3 is 1. The largest absolute Gasteiger partial charge is 0.504 e. The summed E-state index contributed by atoms with van der Waals surface area (Å²) >= 11 is 0. The first-order valence-corrected chi connectivity index (χ1v) is 6.17. The predicted molar refractivity (Wildman–Crippen MR) is 69.6 cm³/mol. The molecule has 1 aromatic carbocycles. The van der Waals surface area contributed by atoms with Crippen molar-refractivity contribution in [1.29, 1.82) is 0 Å². The fraction of sp³-hybridized carbons (Fsp3) is 0.462. The van der Waals surface area contributed by atoms with Gasteiger partial charge in [0.25, 0.3) is 5.91 Å². The molecule has 104 valence electrons. The minimum atomic E-state index is -0.330. The molecule has 1 aliphatic heterocycles. The van der Waals surface area contributed by atoms with Gasteiger partial charge in [-0.3, -0.25) is 4.79 Å². The number of nitrogens with one attached hydrogen (secondary N) is 2. The number of amides is 1. The number of ether oxygens (including phenoxy) is 2. The van der Waals surface area contributed by atoms with Crippen LogP contribution in [0.1, 0.15) is 10.4 Å². The maximum Gasteiger partial charge on any atom is 0.255 e. The van der Waals surface area contributed by atoms with Crippen LogP contribution in [-0.4, -0.2) is 50.5 Å². The van der Waals surface area contributed by atoms with Crippen LogP contribution in [0.3, 0.4) is 0 Å². The van der Waals surface area contributed by atoms with E-state index in [0.29, 0.717) is 19.8 Å². The first-order chi connectivity index (χ1) is 9.22. The number of phenolic OH excluding ortho intramolecular Hbond substituents is 1. The number of morpholine rings is 1. The number of hydrogen-bond acceptors (Lipinski definition) is 5. The summed E-state index contributed by atoms with van der Waals surface area (Å²) in [5.41, 5.74) is 0.205. The Kier molecular flexibility index (Phi) is 4.59. The van der Waals surface area contributed by atoms with Gasteiger partial charge in [-0.15, -0.1) is 0 Å². The Morgan fingerprint density at radius 1 is 1.63 bits per heavy atom. The molecular weight excluding hydrogens is 248 g/mol. The highest BCUT2D eigenvalue weighted by Crippen LogP contribution is 2.29. The molecule has 1 atom stereocenters. The minimum absolute atomic E-state index is 0.102. The van der Waals surface area contributed by atoms with Gasteiger partial charge in [-0.2, -0.15) is 0 Å². The zero-order valence-corrected chi connectivity index (χ0v) is 10.8. The Hall–Kier alpha value is -1.79. The van der Waals surface area contributed by atoms with Crippen LogP contribution in [0.4, 0.5) is 0 Å². The zero-order chi connectivity index (χ0) is 13.7. The highest BCUT2D eigenvalue weighted by atomic mass is 16.5. The van der Waals surface area contributed by atoms with Crippen LogP contribution in [0.25, 0.3) is 0 Å². The van der Waals surface area contributed by atoms with Crippen molar-refractivity contribution in [1.82, 2.24) is 10.6 Å². The lowest BCUT2D eigenvalue weighted by Gasteiger charge is -2.24. The molecule has 19 heavy (non-hydrogen) atoms. The molecule has 6 heteroatoms. The number of para-hydroxylation sites is 1. The van der Waals surface area contributed by atoms with Gasteiger partial charge in [0.15, 0.2) is 11.5 Å². The van der Waals surface area contributed by atoms with E-state index < -0.39 is 0 Å². The third-order valence-corrected chi connectivity index (χ3v) is 2.97. The Labute approximate surface area is 111 Å². The van der Waals surface area contributed by atoms with Crippen LogP contribution in [-0.2, 0) is 4.74 Å². The smallest absolute Gasteiger partial charge is 0.255 e. The van der Waals surface area contributed by atoms with E-state index in [9.17, 15) is 9.90 Å². The monoisotopic (exact) mass is 266 g/mol. The van der Waals surface area contributed by atoms with Crippen LogP contribution < -0.4 is 15.4 Å². The van der Waals surface area contributed by atoms with Gasteiger partial charge in [-0.1, -0.05) is 6.07 Å².